The van der Waals surface area contributed by atoms with Gasteiger partial charge in [0.15, 0.2) is 5.78 Å². The number of carbonyl (C=O) groups excluding carboxylic acids is 1. The van der Waals surface area contributed by atoms with Crippen LogP contribution in [0.3, 0.4) is 0 Å². The fourth-order valence-corrected chi connectivity index (χ4v) is 3.43. The lowest BCUT2D eigenvalue weighted by molar-refractivity contribution is -0.113. The van der Waals surface area contributed by atoms with E-state index in [1.54, 1.807) is 25.1 Å². The first kappa shape index (κ1) is 15.1. The topological polar surface area (TPSA) is 63.2 Å². The second kappa shape index (κ2) is 5.60. The van der Waals surface area contributed by atoms with Crippen LogP contribution in [0.1, 0.15) is 6.92 Å². The van der Waals surface area contributed by atoms with Crippen LogP contribution in [0.2, 0.25) is 0 Å². The van der Waals surface area contributed by atoms with E-state index < -0.39 is 15.4 Å². The quantitative estimate of drug-likeness (QED) is 0.866. The number of nitrogens with one attached hydrogen (secondary N) is 1. The van der Waals surface area contributed by atoms with Crippen molar-refractivity contribution in [3.8, 4) is 0 Å². The SMILES string of the molecule is CC1=CC(=O)C(Cl)C(Cl)=C1NS(=O)(=O)c1ccccc1. The minimum atomic E-state index is -3.77. The second-order valence-corrected chi connectivity index (χ2v) is 6.76. The summed E-state index contributed by atoms with van der Waals surface area (Å²) in [6, 6.07) is 7.86. The highest BCUT2D eigenvalue weighted by molar-refractivity contribution is 7.89. The number of alkyl halides is 1. The Morgan fingerprint density at radius 1 is 1.20 bits per heavy atom. The Kier molecular flexibility index (Phi) is 4.22. The average Bonchev–Trinajstić information content (AvgIpc) is 2.42. The number of sulfonamides is 1. The van der Waals surface area contributed by atoms with E-state index in [1.807, 2.05) is 0 Å². The van der Waals surface area contributed by atoms with E-state index >= 15 is 0 Å². The first-order valence-corrected chi connectivity index (χ1v) is 7.97. The molecule has 106 valence electrons. The minimum Gasteiger partial charge on any atom is -0.293 e. The van der Waals surface area contributed by atoms with E-state index in [0.29, 0.717) is 5.57 Å². The van der Waals surface area contributed by atoms with Gasteiger partial charge < -0.3 is 0 Å². The number of benzene rings is 1. The molecule has 0 bridgehead atoms. The number of carbonyl (C=O) groups is 1. The molecule has 1 N–H and O–H groups in total. The smallest absolute Gasteiger partial charge is 0.261 e. The maximum atomic E-state index is 12.2. The van der Waals surface area contributed by atoms with Crippen molar-refractivity contribution in [3.63, 3.8) is 0 Å². The Hall–Kier alpha value is -1.30. The minimum absolute atomic E-state index is 0.0174. The molecule has 1 aliphatic rings. The number of hydrogen-bond donors (Lipinski definition) is 1. The average molecular weight is 332 g/mol. The fraction of sp³-hybridized carbons (Fsp3) is 0.154. The van der Waals surface area contributed by atoms with E-state index in [4.69, 9.17) is 23.2 Å². The van der Waals surface area contributed by atoms with Crippen LogP contribution in [0.5, 0.6) is 0 Å². The van der Waals surface area contributed by atoms with Gasteiger partial charge in [-0.25, -0.2) is 8.42 Å². The number of hydrogen-bond acceptors (Lipinski definition) is 3. The molecular weight excluding hydrogens is 321 g/mol. The molecule has 0 spiro atoms. The van der Waals surface area contributed by atoms with E-state index in [0.717, 1.165) is 0 Å². The van der Waals surface area contributed by atoms with Gasteiger partial charge in [0.05, 0.1) is 15.6 Å². The second-order valence-electron chi connectivity index (χ2n) is 4.23. The monoisotopic (exact) mass is 331 g/mol. The summed E-state index contributed by atoms with van der Waals surface area (Å²) in [6.07, 6.45) is 1.27. The molecule has 0 heterocycles. The molecule has 0 saturated carbocycles. The Morgan fingerprint density at radius 3 is 2.40 bits per heavy atom. The maximum absolute atomic E-state index is 12.2. The molecule has 0 fully saturated rings. The Bertz CT molecular complexity index is 708. The van der Waals surface area contributed by atoms with Crippen LogP contribution in [0.25, 0.3) is 0 Å². The molecule has 4 nitrogen and oxygen atoms in total. The van der Waals surface area contributed by atoms with Crippen LogP contribution in [-0.2, 0) is 14.8 Å². The first-order chi connectivity index (χ1) is 9.33. The van der Waals surface area contributed by atoms with E-state index in [1.165, 1.54) is 18.2 Å². The third kappa shape index (κ3) is 2.90. The van der Waals surface area contributed by atoms with Crippen molar-refractivity contribution < 1.29 is 13.2 Å². The van der Waals surface area contributed by atoms with Gasteiger partial charge in [0.25, 0.3) is 10.0 Å². The van der Waals surface area contributed by atoms with Crippen LogP contribution in [-0.4, -0.2) is 19.6 Å². The molecule has 0 amide bonds. The zero-order chi connectivity index (χ0) is 14.9. The molecule has 2 rings (SSSR count). The maximum Gasteiger partial charge on any atom is 0.261 e. The molecule has 1 aromatic carbocycles. The zero-order valence-corrected chi connectivity index (χ0v) is 12.8. The zero-order valence-electron chi connectivity index (χ0n) is 10.4. The molecule has 0 aromatic heterocycles. The van der Waals surface area contributed by atoms with Gasteiger partial charge >= 0.3 is 0 Å². The first-order valence-electron chi connectivity index (χ1n) is 5.67. The predicted octanol–water partition coefficient (Wildman–Crippen LogP) is 2.55. The van der Waals surface area contributed by atoms with Gasteiger partial charge in [0, 0.05) is 0 Å². The molecule has 1 aliphatic carbocycles. The highest BCUT2D eigenvalue weighted by Crippen LogP contribution is 2.29. The normalized spacial score (nSPS) is 19.9. The van der Waals surface area contributed by atoms with E-state index in [2.05, 4.69) is 4.72 Å². The Balaban J connectivity index is 2.40. The fourth-order valence-electron chi connectivity index (χ4n) is 1.72. The third-order valence-corrected chi connectivity index (χ3v) is 5.07. The summed E-state index contributed by atoms with van der Waals surface area (Å²) in [4.78, 5) is 11.6. The summed E-state index contributed by atoms with van der Waals surface area (Å²) in [7, 11) is -3.77. The molecule has 7 heteroatoms. The molecule has 0 saturated heterocycles. The summed E-state index contributed by atoms with van der Waals surface area (Å²) < 4.78 is 26.8. The summed E-state index contributed by atoms with van der Waals surface area (Å²) in [5.41, 5.74) is 0.575. The van der Waals surface area contributed by atoms with Gasteiger partial charge in [-0.05, 0) is 30.7 Å². The molecule has 0 aliphatic heterocycles. The van der Waals surface area contributed by atoms with Gasteiger partial charge in [-0.15, -0.1) is 11.6 Å². The summed E-state index contributed by atoms with van der Waals surface area (Å²) in [5.74, 6) is -0.364. The summed E-state index contributed by atoms with van der Waals surface area (Å²) >= 11 is 11.8. The van der Waals surface area contributed by atoms with Crippen LogP contribution in [0, 0.1) is 0 Å². The van der Waals surface area contributed by atoms with E-state index in [-0.39, 0.29) is 21.4 Å². The predicted molar refractivity (Wildman–Crippen MR) is 78.0 cm³/mol. The molecule has 20 heavy (non-hydrogen) atoms. The Labute approximate surface area is 127 Å². The molecule has 1 atom stereocenters. The third-order valence-electron chi connectivity index (χ3n) is 2.75. The van der Waals surface area contributed by atoms with Crippen molar-refractivity contribution in [2.24, 2.45) is 0 Å². The van der Waals surface area contributed by atoms with Crippen molar-refractivity contribution in [3.05, 3.63) is 52.7 Å². The van der Waals surface area contributed by atoms with Crippen LogP contribution in [0.15, 0.2) is 57.6 Å². The standard InChI is InChI=1S/C13H11Cl2NO3S/c1-8-7-10(17)11(14)12(15)13(8)16-20(18,19)9-5-3-2-4-6-9/h2-7,11,16H,1H3. The van der Waals surface area contributed by atoms with Gasteiger partial charge in [-0.3, -0.25) is 9.52 Å². The van der Waals surface area contributed by atoms with Crippen molar-refractivity contribution >= 4 is 39.0 Å². The largest absolute Gasteiger partial charge is 0.293 e. The summed E-state index contributed by atoms with van der Waals surface area (Å²) in [5, 5.41) is -1.08. The van der Waals surface area contributed by atoms with Gasteiger partial charge in [0.2, 0.25) is 0 Å². The van der Waals surface area contributed by atoms with Crippen molar-refractivity contribution in [1.82, 2.24) is 4.72 Å². The molecule has 1 unspecified atom stereocenters. The van der Waals surface area contributed by atoms with Crippen LogP contribution in [0.4, 0.5) is 0 Å². The Morgan fingerprint density at radius 2 is 1.80 bits per heavy atom. The highest BCUT2D eigenvalue weighted by atomic mass is 35.5. The number of rotatable bonds is 3. The lowest BCUT2D eigenvalue weighted by Crippen LogP contribution is -2.30. The van der Waals surface area contributed by atoms with Crippen molar-refractivity contribution in [2.75, 3.05) is 0 Å². The molecule has 0 radical (unpaired) electrons. The summed E-state index contributed by atoms with van der Waals surface area (Å²) in [6.45, 7) is 1.59. The number of ketones is 1. The lowest BCUT2D eigenvalue weighted by atomic mass is 10.0. The van der Waals surface area contributed by atoms with Crippen LogP contribution >= 0.6 is 23.2 Å². The van der Waals surface area contributed by atoms with Crippen molar-refractivity contribution in [1.29, 1.82) is 0 Å². The van der Waals surface area contributed by atoms with Gasteiger partial charge in [-0.2, -0.15) is 0 Å². The lowest BCUT2D eigenvalue weighted by Gasteiger charge is -2.20. The highest BCUT2D eigenvalue weighted by Gasteiger charge is 2.29. The molecular formula is C13H11Cl2NO3S. The van der Waals surface area contributed by atoms with Crippen LogP contribution < -0.4 is 4.72 Å². The van der Waals surface area contributed by atoms with E-state index in [9.17, 15) is 13.2 Å². The molecule has 1 aromatic rings. The number of halogens is 2. The van der Waals surface area contributed by atoms with Gasteiger partial charge in [0.1, 0.15) is 5.38 Å². The van der Waals surface area contributed by atoms with Crippen molar-refractivity contribution in [2.45, 2.75) is 17.2 Å². The number of allylic oxidation sites excluding steroid dienone is 3. The van der Waals surface area contributed by atoms with Gasteiger partial charge in [-0.1, -0.05) is 29.8 Å².